The lowest BCUT2D eigenvalue weighted by atomic mass is 10.0. The van der Waals surface area contributed by atoms with E-state index < -0.39 is 9.84 Å². The Morgan fingerprint density at radius 2 is 1.64 bits per heavy atom. The second-order valence-electron chi connectivity index (χ2n) is 4.63. The molecule has 0 aromatic rings. The SMILES string of the molecule is CC(C)C(C)NC1CCS(=O)(=O)CC1. The first-order valence-electron chi connectivity index (χ1n) is 5.37. The molecule has 84 valence electrons. The van der Waals surface area contributed by atoms with E-state index in [4.69, 9.17) is 0 Å². The highest BCUT2D eigenvalue weighted by molar-refractivity contribution is 7.91. The standard InChI is InChI=1S/C10H21NO2S/c1-8(2)9(3)11-10-4-6-14(12,13)7-5-10/h8-11H,4-7H2,1-3H3. The Labute approximate surface area is 87.2 Å². The largest absolute Gasteiger partial charge is 0.311 e. The Bertz CT molecular complexity index is 258. The zero-order chi connectivity index (χ0) is 10.8. The van der Waals surface area contributed by atoms with E-state index in [0.717, 1.165) is 12.8 Å². The molecular formula is C10H21NO2S. The van der Waals surface area contributed by atoms with Crippen LogP contribution in [0.15, 0.2) is 0 Å². The van der Waals surface area contributed by atoms with Crippen LogP contribution in [0.5, 0.6) is 0 Å². The van der Waals surface area contributed by atoms with Crippen molar-refractivity contribution in [3.8, 4) is 0 Å². The summed E-state index contributed by atoms with van der Waals surface area (Å²) in [5, 5.41) is 3.49. The molecule has 14 heavy (non-hydrogen) atoms. The van der Waals surface area contributed by atoms with Crippen molar-refractivity contribution in [1.82, 2.24) is 5.32 Å². The van der Waals surface area contributed by atoms with Gasteiger partial charge in [0.15, 0.2) is 0 Å². The van der Waals surface area contributed by atoms with E-state index in [-0.39, 0.29) is 0 Å². The normalized spacial score (nSPS) is 25.1. The van der Waals surface area contributed by atoms with Gasteiger partial charge in [0.1, 0.15) is 9.84 Å². The molecule has 1 heterocycles. The highest BCUT2D eigenvalue weighted by Crippen LogP contribution is 2.14. The highest BCUT2D eigenvalue weighted by Gasteiger charge is 2.24. The van der Waals surface area contributed by atoms with Gasteiger partial charge in [-0.1, -0.05) is 13.8 Å². The molecule has 0 aromatic heterocycles. The number of rotatable bonds is 3. The van der Waals surface area contributed by atoms with Crippen LogP contribution < -0.4 is 5.32 Å². The van der Waals surface area contributed by atoms with Crippen molar-refractivity contribution < 1.29 is 8.42 Å². The molecule has 0 aliphatic carbocycles. The van der Waals surface area contributed by atoms with Gasteiger partial charge in [-0.3, -0.25) is 0 Å². The van der Waals surface area contributed by atoms with E-state index in [1.807, 2.05) is 0 Å². The fourth-order valence-electron chi connectivity index (χ4n) is 1.62. The Balaban J connectivity index is 2.36. The zero-order valence-electron chi connectivity index (χ0n) is 9.29. The van der Waals surface area contributed by atoms with Gasteiger partial charge in [0.2, 0.25) is 0 Å². The van der Waals surface area contributed by atoms with Crippen LogP contribution in [0.2, 0.25) is 0 Å². The minimum Gasteiger partial charge on any atom is -0.311 e. The Hall–Kier alpha value is -0.0900. The van der Waals surface area contributed by atoms with Crippen molar-refractivity contribution in [2.75, 3.05) is 11.5 Å². The third-order valence-corrected chi connectivity index (χ3v) is 4.77. The van der Waals surface area contributed by atoms with Crippen LogP contribution in [0, 0.1) is 5.92 Å². The van der Waals surface area contributed by atoms with Crippen LogP contribution in [0.25, 0.3) is 0 Å². The number of sulfone groups is 1. The first-order valence-corrected chi connectivity index (χ1v) is 7.19. The molecule has 1 aliphatic heterocycles. The fraction of sp³-hybridized carbons (Fsp3) is 1.00. The molecule has 0 spiro atoms. The molecule has 1 N–H and O–H groups in total. The second kappa shape index (κ2) is 4.62. The minimum atomic E-state index is -2.71. The maximum absolute atomic E-state index is 11.2. The maximum Gasteiger partial charge on any atom is 0.150 e. The molecule has 1 fully saturated rings. The van der Waals surface area contributed by atoms with E-state index >= 15 is 0 Å². The van der Waals surface area contributed by atoms with Gasteiger partial charge in [0.25, 0.3) is 0 Å². The molecule has 1 atom stereocenters. The summed E-state index contributed by atoms with van der Waals surface area (Å²) in [7, 11) is -2.71. The van der Waals surface area contributed by atoms with Crippen LogP contribution in [0.3, 0.4) is 0 Å². The summed E-state index contributed by atoms with van der Waals surface area (Å²) in [6.45, 7) is 6.52. The van der Waals surface area contributed by atoms with Crippen LogP contribution in [0.4, 0.5) is 0 Å². The smallest absolute Gasteiger partial charge is 0.150 e. The van der Waals surface area contributed by atoms with Crippen molar-refractivity contribution in [1.29, 1.82) is 0 Å². The molecular weight excluding hydrogens is 198 g/mol. The molecule has 0 bridgehead atoms. The summed E-state index contributed by atoms with van der Waals surface area (Å²) in [6, 6.07) is 0.872. The predicted octanol–water partition coefficient (Wildman–Crippen LogP) is 1.20. The topological polar surface area (TPSA) is 46.2 Å². The summed E-state index contributed by atoms with van der Waals surface area (Å²) in [6.07, 6.45) is 1.55. The summed E-state index contributed by atoms with van der Waals surface area (Å²) in [5.74, 6) is 1.32. The van der Waals surface area contributed by atoms with Gasteiger partial charge >= 0.3 is 0 Å². The van der Waals surface area contributed by atoms with Crippen LogP contribution in [0.1, 0.15) is 33.6 Å². The molecule has 3 nitrogen and oxygen atoms in total. The van der Waals surface area contributed by atoms with Crippen LogP contribution in [-0.4, -0.2) is 32.0 Å². The summed E-state index contributed by atoms with van der Waals surface area (Å²) < 4.78 is 22.4. The van der Waals surface area contributed by atoms with E-state index in [1.165, 1.54) is 0 Å². The number of hydrogen-bond donors (Lipinski definition) is 1. The molecule has 1 unspecified atom stereocenters. The lowest BCUT2D eigenvalue weighted by Crippen LogP contribution is -2.43. The monoisotopic (exact) mass is 219 g/mol. The molecule has 0 aromatic carbocycles. The Kier molecular flexibility index (Phi) is 3.95. The molecule has 1 aliphatic rings. The maximum atomic E-state index is 11.2. The third kappa shape index (κ3) is 3.58. The van der Waals surface area contributed by atoms with Gasteiger partial charge in [0, 0.05) is 12.1 Å². The van der Waals surface area contributed by atoms with Crippen molar-refractivity contribution in [3.63, 3.8) is 0 Å². The molecule has 1 rings (SSSR count). The van der Waals surface area contributed by atoms with E-state index in [2.05, 4.69) is 26.1 Å². The van der Waals surface area contributed by atoms with Crippen molar-refractivity contribution in [2.24, 2.45) is 5.92 Å². The quantitative estimate of drug-likeness (QED) is 0.776. The average Bonchev–Trinajstić information content (AvgIpc) is 2.08. The van der Waals surface area contributed by atoms with E-state index in [1.54, 1.807) is 0 Å². The Morgan fingerprint density at radius 1 is 1.14 bits per heavy atom. The van der Waals surface area contributed by atoms with Crippen molar-refractivity contribution in [3.05, 3.63) is 0 Å². The molecule has 4 heteroatoms. The molecule has 0 saturated carbocycles. The summed E-state index contributed by atoms with van der Waals surface area (Å²) >= 11 is 0. The lowest BCUT2D eigenvalue weighted by molar-refractivity contribution is 0.354. The number of nitrogens with one attached hydrogen (secondary N) is 1. The molecule has 1 saturated heterocycles. The zero-order valence-corrected chi connectivity index (χ0v) is 10.1. The van der Waals surface area contributed by atoms with Crippen molar-refractivity contribution in [2.45, 2.75) is 45.7 Å². The van der Waals surface area contributed by atoms with Gasteiger partial charge in [-0.25, -0.2) is 8.42 Å². The van der Waals surface area contributed by atoms with E-state index in [9.17, 15) is 8.42 Å². The molecule has 0 amide bonds. The minimum absolute atomic E-state index is 0.357. The highest BCUT2D eigenvalue weighted by atomic mass is 32.2. The molecule has 0 radical (unpaired) electrons. The average molecular weight is 219 g/mol. The fourth-order valence-corrected chi connectivity index (χ4v) is 3.11. The van der Waals surface area contributed by atoms with Crippen molar-refractivity contribution >= 4 is 9.84 Å². The first kappa shape index (κ1) is 12.0. The first-order chi connectivity index (χ1) is 6.41. The second-order valence-corrected chi connectivity index (χ2v) is 6.93. The van der Waals surface area contributed by atoms with Gasteiger partial charge < -0.3 is 5.32 Å². The van der Waals surface area contributed by atoms with Crippen LogP contribution >= 0.6 is 0 Å². The van der Waals surface area contributed by atoms with Gasteiger partial charge in [0.05, 0.1) is 11.5 Å². The lowest BCUT2D eigenvalue weighted by Gasteiger charge is -2.28. The Morgan fingerprint density at radius 3 is 2.07 bits per heavy atom. The van der Waals surface area contributed by atoms with Gasteiger partial charge in [-0.15, -0.1) is 0 Å². The summed E-state index contributed by atoms with van der Waals surface area (Å²) in [5.41, 5.74) is 0. The third-order valence-electron chi connectivity index (χ3n) is 3.05. The van der Waals surface area contributed by atoms with E-state index in [0.29, 0.717) is 29.5 Å². The van der Waals surface area contributed by atoms with Gasteiger partial charge in [-0.05, 0) is 25.7 Å². The van der Waals surface area contributed by atoms with Gasteiger partial charge in [-0.2, -0.15) is 0 Å². The predicted molar refractivity (Wildman–Crippen MR) is 59.1 cm³/mol. The summed E-state index contributed by atoms with van der Waals surface area (Å²) in [4.78, 5) is 0. The van der Waals surface area contributed by atoms with Crippen LogP contribution in [-0.2, 0) is 9.84 Å². The number of hydrogen-bond acceptors (Lipinski definition) is 3.